The second-order valence-corrected chi connectivity index (χ2v) is 5.21. The van der Waals surface area contributed by atoms with Gasteiger partial charge in [-0.3, -0.25) is 4.79 Å². The predicted octanol–water partition coefficient (Wildman–Crippen LogP) is 3.00. The normalized spacial score (nSPS) is 12.5. The molecule has 0 fully saturated rings. The van der Waals surface area contributed by atoms with E-state index in [1.807, 2.05) is 6.07 Å². The third-order valence-electron chi connectivity index (χ3n) is 3.09. The van der Waals surface area contributed by atoms with Gasteiger partial charge in [-0.1, -0.05) is 11.6 Å². The van der Waals surface area contributed by atoms with Gasteiger partial charge in [-0.2, -0.15) is 0 Å². The van der Waals surface area contributed by atoms with Gasteiger partial charge in [0, 0.05) is 22.8 Å². The van der Waals surface area contributed by atoms with Crippen molar-refractivity contribution in [3.05, 3.63) is 46.8 Å². The number of aromatic nitrogens is 3. The lowest BCUT2D eigenvalue weighted by atomic mass is 10.2. The maximum Gasteiger partial charge on any atom is 0.268 e. The van der Waals surface area contributed by atoms with Crippen molar-refractivity contribution in [3.8, 4) is 0 Å². The lowest BCUT2D eigenvalue weighted by Crippen LogP contribution is -2.27. The summed E-state index contributed by atoms with van der Waals surface area (Å²) < 4.78 is 5.29. The molecule has 0 aliphatic carbocycles. The monoisotopic (exact) mass is 304 g/mol. The smallest absolute Gasteiger partial charge is 0.268 e. The van der Waals surface area contributed by atoms with Gasteiger partial charge in [0.2, 0.25) is 11.8 Å². The molecule has 0 aliphatic heterocycles. The largest absolute Gasteiger partial charge is 0.423 e. The van der Waals surface area contributed by atoms with Crippen LogP contribution in [-0.2, 0) is 0 Å². The Labute approximate surface area is 125 Å². The van der Waals surface area contributed by atoms with E-state index in [1.165, 1.54) is 0 Å². The molecule has 2 aromatic heterocycles. The molecule has 6 nitrogen and oxygen atoms in total. The molecule has 0 aliphatic rings. The number of amides is 1. The molecule has 3 aromatic rings. The third kappa shape index (κ3) is 2.75. The minimum Gasteiger partial charge on any atom is -0.423 e. The number of nitrogens with one attached hydrogen (secondary N) is 2. The highest BCUT2D eigenvalue weighted by atomic mass is 35.5. The van der Waals surface area contributed by atoms with Crippen molar-refractivity contribution < 1.29 is 9.21 Å². The second kappa shape index (κ2) is 5.21. The van der Waals surface area contributed by atoms with Gasteiger partial charge in [-0.05, 0) is 31.2 Å². The van der Waals surface area contributed by atoms with Crippen LogP contribution in [0.4, 0.5) is 0 Å². The summed E-state index contributed by atoms with van der Waals surface area (Å²) in [6.45, 7) is 3.48. The lowest BCUT2D eigenvalue weighted by molar-refractivity contribution is 0.0929. The van der Waals surface area contributed by atoms with E-state index in [1.54, 1.807) is 32.0 Å². The highest BCUT2D eigenvalue weighted by molar-refractivity contribution is 6.31. The Bertz CT molecular complexity index is 808. The lowest BCUT2D eigenvalue weighted by Gasteiger charge is -2.08. The fourth-order valence-electron chi connectivity index (χ4n) is 2.05. The van der Waals surface area contributed by atoms with Gasteiger partial charge in [0.05, 0.1) is 0 Å². The Kier molecular flexibility index (Phi) is 3.39. The number of aryl methyl sites for hydroxylation is 1. The first-order valence-corrected chi connectivity index (χ1v) is 6.80. The molecule has 21 heavy (non-hydrogen) atoms. The van der Waals surface area contributed by atoms with Crippen LogP contribution < -0.4 is 5.32 Å². The molecule has 0 radical (unpaired) electrons. The van der Waals surface area contributed by atoms with E-state index in [0.29, 0.717) is 22.5 Å². The molecule has 1 aromatic carbocycles. The molecule has 1 atom stereocenters. The van der Waals surface area contributed by atoms with Crippen LogP contribution in [0.2, 0.25) is 5.02 Å². The molecule has 0 bridgehead atoms. The van der Waals surface area contributed by atoms with Crippen molar-refractivity contribution in [2.45, 2.75) is 19.9 Å². The van der Waals surface area contributed by atoms with Gasteiger partial charge in [0.25, 0.3) is 5.91 Å². The number of H-pyrrole nitrogens is 1. The first-order chi connectivity index (χ1) is 10.0. The van der Waals surface area contributed by atoms with Gasteiger partial charge in [0.1, 0.15) is 11.7 Å². The van der Waals surface area contributed by atoms with Crippen LogP contribution in [0, 0.1) is 6.92 Å². The van der Waals surface area contributed by atoms with E-state index in [2.05, 4.69) is 20.5 Å². The quantitative estimate of drug-likeness (QED) is 0.779. The number of carbonyl (C=O) groups excluding carboxylic acids is 1. The summed E-state index contributed by atoms with van der Waals surface area (Å²) >= 11 is 5.93. The highest BCUT2D eigenvalue weighted by Gasteiger charge is 2.17. The number of nitrogens with zero attached hydrogens (tertiary/aromatic N) is 2. The van der Waals surface area contributed by atoms with Gasteiger partial charge in [-0.25, -0.2) is 0 Å². The highest BCUT2D eigenvalue weighted by Crippen LogP contribution is 2.20. The first kappa shape index (κ1) is 13.6. The number of rotatable bonds is 3. The number of carbonyl (C=O) groups is 1. The van der Waals surface area contributed by atoms with E-state index in [-0.39, 0.29) is 11.9 Å². The average Bonchev–Trinajstić information content (AvgIpc) is 3.04. The van der Waals surface area contributed by atoms with E-state index < -0.39 is 0 Å². The topological polar surface area (TPSA) is 83.8 Å². The van der Waals surface area contributed by atoms with Crippen molar-refractivity contribution in [3.63, 3.8) is 0 Å². The number of hydrogen-bond donors (Lipinski definition) is 2. The zero-order chi connectivity index (χ0) is 15.0. The molecule has 0 saturated carbocycles. The van der Waals surface area contributed by atoms with Crippen molar-refractivity contribution in [2.75, 3.05) is 0 Å². The summed E-state index contributed by atoms with van der Waals surface area (Å²) in [6.07, 6.45) is 0. The van der Waals surface area contributed by atoms with Gasteiger partial charge in [0.15, 0.2) is 0 Å². The van der Waals surface area contributed by atoms with E-state index >= 15 is 0 Å². The summed E-state index contributed by atoms with van der Waals surface area (Å²) in [5.41, 5.74) is 1.31. The molecular formula is C14H13ClN4O2. The Hall–Kier alpha value is -2.34. The Balaban J connectivity index is 1.80. The molecule has 108 valence electrons. The summed E-state index contributed by atoms with van der Waals surface area (Å²) in [6, 6.07) is 6.79. The van der Waals surface area contributed by atoms with E-state index in [0.717, 1.165) is 10.9 Å². The SMILES string of the molecule is Cc1nnc(C(C)NC(=O)c2cc3cc(Cl)ccc3[nH]2)o1. The number of hydrogen-bond acceptors (Lipinski definition) is 4. The van der Waals surface area contributed by atoms with Crippen LogP contribution in [0.25, 0.3) is 10.9 Å². The zero-order valence-corrected chi connectivity index (χ0v) is 12.2. The van der Waals surface area contributed by atoms with Crippen LogP contribution >= 0.6 is 11.6 Å². The van der Waals surface area contributed by atoms with Crippen LogP contribution in [0.3, 0.4) is 0 Å². The number of aromatic amines is 1. The van der Waals surface area contributed by atoms with Gasteiger partial charge < -0.3 is 14.7 Å². The van der Waals surface area contributed by atoms with Crippen molar-refractivity contribution >= 4 is 28.4 Å². The minimum absolute atomic E-state index is 0.245. The molecule has 2 N–H and O–H groups in total. The fraction of sp³-hybridized carbons (Fsp3) is 0.214. The predicted molar refractivity (Wildman–Crippen MR) is 78.2 cm³/mol. The van der Waals surface area contributed by atoms with E-state index in [9.17, 15) is 4.79 Å². The summed E-state index contributed by atoms with van der Waals surface area (Å²) in [5, 5.41) is 11.9. The van der Waals surface area contributed by atoms with Crippen molar-refractivity contribution in [2.24, 2.45) is 0 Å². The molecular weight excluding hydrogens is 292 g/mol. The fourth-order valence-corrected chi connectivity index (χ4v) is 2.23. The summed E-state index contributed by atoms with van der Waals surface area (Å²) in [5.74, 6) is 0.594. The number of halogens is 1. The Morgan fingerprint density at radius 3 is 2.90 bits per heavy atom. The summed E-state index contributed by atoms with van der Waals surface area (Å²) in [4.78, 5) is 15.3. The molecule has 3 rings (SSSR count). The number of fused-ring (bicyclic) bond motifs is 1. The first-order valence-electron chi connectivity index (χ1n) is 6.42. The molecule has 0 saturated heterocycles. The molecule has 1 unspecified atom stereocenters. The van der Waals surface area contributed by atoms with E-state index in [4.69, 9.17) is 16.0 Å². The molecule has 1 amide bonds. The van der Waals surface area contributed by atoms with Crippen molar-refractivity contribution in [1.82, 2.24) is 20.5 Å². The van der Waals surface area contributed by atoms with Gasteiger partial charge in [-0.15, -0.1) is 10.2 Å². The van der Waals surface area contributed by atoms with Crippen LogP contribution in [0.1, 0.15) is 35.2 Å². The Morgan fingerprint density at radius 1 is 1.38 bits per heavy atom. The summed E-state index contributed by atoms with van der Waals surface area (Å²) in [7, 11) is 0. The zero-order valence-electron chi connectivity index (χ0n) is 11.5. The minimum atomic E-state index is -0.367. The van der Waals surface area contributed by atoms with Crippen LogP contribution in [0.5, 0.6) is 0 Å². The van der Waals surface area contributed by atoms with Gasteiger partial charge >= 0.3 is 0 Å². The second-order valence-electron chi connectivity index (χ2n) is 4.77. The Morgan fingerprint density at radius 2 is 2.19 bits per heavy atom. The molecule has 7 heteroatoms. The van der Waals surface area contributed by atoms with Crippen LogP contribution in [0.15, 0.2) is 28.7 Å². The third-order valence-corrected chi connectivity index (χ3v) is 3.32. The van der Waals surface area contributed by atoms with Crippen molar-refractivity contribution in [1.29, 1.82) is 0 Å². The molecule has 0 spiro atoms. The van der Waals surface area contributed by atoms with Crippen LogP contribution in [-0.4, -0.2) is 21.1 Å². The maximum absolute atomic E-state index is 12.2. The standard InChI is InChI=1S/C14H13ClN4O2/c1-7(14-19-18-8(2)21-14)16-13(20)12-6-9-5-10(15)3-4-11(9)17-12/h3-7,17H,1-2H3,(H,16,20). The maximum atomic E-state index is 12.2. The average molecular weight is 305 g/mol. The molecule has 2 heterocycles. The number of benzene rings is 1.